The maximum absolute atomic E-state index is 14.8. The first-order valence-electron chi connectivity index (χ1n) is 14.3. The summed E-state index contributed by atoms with van der Waals surface area (Å²) in [6, 6.07) is 18.0. The summed E-state index contributed by atoms with van der Waals surface area (Å²) in [5.41, 5.74) is 5.69. The van der Waals surface area contributed by atoms with Crippen LogP contribution in [0.2, 0.25) is 0 Å². The Morgan fingerprint density at radius 1 is 0.600 bits per heavy atom. The van der Waals surface area contributed by atoms with E-state index in [-0.39, 0.29) is 21.7 Å². The van der Waals surface area contributed by atoms with Crippen molar-refractivity contribution < 1.29 is 18.1 Å². The Morgan fingerprint density at radius 3 is 1.35 bits per heavy atom. The van der Waals surface area contributed by atoms with Crippen molar-refractivity contribution >= 4 is 7.82 Å². The summed E-state index contributed by atoms with van der Waals surface area (Å²) in [5, 5.41) is 0. The van der Waals surface area contributed by atoms with E-state index < -0.39 is 7.82 Å². The largest absolute Gasteiger partial charge is 0.647 e. The SMILES string of the molecule is CC(C)(C)c1cc2c(c(C(C)(C)C)c1)OP(=O)(Oc1ccccc1)Oc1c(cc(C(C)(C)C)cc1C(C)(C)C)C2. The van der Waals surface area contributed by atoms with Gasteiger partial charge in [0, 0.05) is 17.5 Å². The van der Waals surface area contributed by atoms with Gasteiger partial charge < -0.3 is 13.6 Å². The van der Waals surface area contributed by atoms with Crippen molar-refractivity contribution in [1.82, 2.24) is 0 Å². The van der Waals surface area contributed by atoms with Crippen LogP contribution < -0.4 is 13.6 Å². The van der Waals surface area contributed by atoms with Gasteiger partial charge in [0.2, 0.25) is 0 Å². The van der Waals surface area contributed by atoms with Crippen LogP contribution in [0.3, 0.4) is 0 Å². The number of hydrogen-bond donors (Lipinski definition) is 0. The summed E-state index contributed by atoms with van der Waals surface area (Å²) in [4.78, 5) is 0. The summed E-state index contributed by atoms with van der Waals surface area (Å²) >= 11 is 0. The first-order valence-corrected chi connectivity index (χ1v) is 15.7. The van der Waals surface area contributed by atoms with E-state index in [4.69, 9.17) is 13.6 Å². The summed E-state index contributed by atoms with van der Waals surface area (Å²) < 4.78 is 33.9. The van der Waals surface area contributed by atoms with Crippen LogP contribution in [0.25, 0.3) is 0 Å². The highest BCUT2D eigenvalue weighted by molar-refractivity contribution is 7.49. The van der Waals surface area contributed by atoms with Crippen LogP contribution in [-0.4, -0.2) is 0 Å². The summed E-state index contributed by atoms with van der Waals surface area (Å²) in [7, 11) is -4.18. The molecule has 0 amide bonds. The van der Waals surface area contributed by atoms with Crippen LogP contribution in [0.15, 0.2) is 54.6 Å². The second-order valence-corrected chi connectivity index (χ2v) is 16.7. The van der Waals surface area contributed by atoms with Crippen molar-refractivity contribution in [2.45, 2.75) is 111 Å². The number of phosphoric ester groups is 1. The minimum Gasteiger partial charge on any atom is -0.386 e. The Bertz CT molecular complexity index is 1350. The van der Waals surface area contributed by atoms with Crippen molar-refractivity contribution in [3.63, 3.8) is 0 Å². The van der Waals surface area contributed by atoms with Crippen molar-refractivity contribution in [2.24, 2.45) is 0 Å². The van der Waals surface area contributed by atoms with Crippen molar-refractivity contribution in [3.05, 3.63) is 88.0 Å². The van der Waals surface area contributed by atoms with Gasteiger partial charge in [0.05, 0.1) is 0 Å². The molecule has 5 heteroatoms. The zero-order chi connectivity index (χ0) is 29.9. The fourth-order valence-electron chi connectivity index (χ4n) is 4.93. The Kier molecular flexibility index (Phi) is 7.55. The smallest absolute Gasteiger partial charge is 0.386 e. The highest BCUT2D eigenvalue weighted by Gasteiger charge is 2.41. The lowest BCUT2D eigenvalue weighted by molar-refractivity contribution is 0.288. The molecule has 1 aliphatic heterocycles. The van der Waals surface area contributed by atoms with Crippen LogP contribution in [0.4, 0.5) is 0 Å². The number of phosphoric acid groups is 1. The van der Waals surface area contributed by atoms with E-state index in [2.05, 4.69) is 107 Å². The fraction of sp³-hybridized carbons (Fsp3) is 0.486. The predicted octanol–water partition coefficient (Wildman–Crippen LogP) is 10.4. The van der Waals surface area contributed by atoms with Gasteiger partial charge in [-0.15, -0.1) is 0 Å². The molecular formula is C35H47O4P. The van der Waals surface area contributed by atoms with Crippen molar-refractivity contribution in [1.29, 1.82) is 0 Å². The average Bonchev–Trinajstić information content (AvgIpc) is 2.77. The van der Waals surface area contributed by atoms with Crippen molar-refractivity contribution in [2.75, 3.05) is 0 Å². The molecule has 0 atom stereocenters. The summed E-state index contributed by atoms with van der Waals surface area (Å²) in [6.45, 7) is 26.3. The zero-order valence-corrected chi connectivity index (χ0v) is 27.4. The molecule has 4 nitrogen and oxygen atoms in total. The van der Waals surface area contributed by atoms with E-state index in [1.165, 1.54) is 11.1 Å². The highest BCUT2D eigenvalue weighted by atomic mass is 31.2. The van der Waals surface area contributed by atoms with Gasteiger partial charge in [-0.1, -0.05) is 126 Å². The molecule has 0 aromatic heterocycles. The third-order valence-electron chi connectivity index (χ3n) is 7.43. The molecule has 1 heterocycles. The lowest BCUT2D eigenvalue weighted by atomic mass is 9.76. The minimum atomic E-state index is -4.18. The van der Waals surface area contributed by atoms with Crippen LogP contribution in [0.5, 0.6) is 17.2 Å². The van der Waals surface area contributed by atoms with Crippen molar-refractivity contribution in [3.8, 4) is 17.2 Å². The molecule has 0 unspecified atom stereocenters. The van der Waals surface area contributed by atoms with Gasteiger partial charge >= 0.3 is 7.82 Å². The number of hydrogen-bond acceptors (Lipinski definition) is 4. The molecule has 4 rings (SSSR count). The summed E-state index contributed by atoms with van der Waals surface area (Å²) in [6.07, 6.45) is 0.593. The molecule has 0 spiro atoms. The topological polar surface area (TPSA) is 44.8 Å². The van der Waals surface area contributed by atoms with Crippen LogP contribution >= 0.6 is 7.82 Å². The Labute approximate surface area is 242 Å². The molecule has 3 aromatic rings. The van der Waals surface area contributed by atoms with Gasteiger partial charge in [-0.3, -0.25) is 0 Å². The Hall–Kier alpha value is -2.71. The van der Waals surface area contributed by atoms with Crippen LogP contribution in [-0.2, 0) is 32.6 Å². The Morgan fingerprint density at radius 2 is 1.00 bits per heavy atom. The number of para-hydroxylation sites is 1. The second-order valence-electron chi connectivity index (χ2n) is 15.2. The lowest BCUT2D eigenvalue weighted by Crippen LogP contribution is -2.23. The molecule has 0 fully saturated rings. The van der Waals surface area contributed by atoms with Gasteiger partial charge in [-0.2, -0.15) is 4.57 Å². The van der Waals surface area contributed by atoms with Gasteiger partial charge in [0.15, 0.2) is 0 Å². The first-order chi connectivity index (χ1) is 18.2. The van der Waals surface area contributed by atoms with Gasteiger partial charge in [-0.05, 0) is 56.0 Å². The zero-order valence-electron chi connectivity index (χ0n) is 26.5. The lowest BCUT2D eigenvalue weighted by Gasteiger charge is -2.34. The minimum absolute atomic E-state index is 0.0786. The summed E-state index contributed by atoms with van der Waals surface area (Å²) in [5.74, 6) is 1.61. The third kappa shape index (κ3) is 6.44. The molecule has 0 N–H and O–H groups in total. The maximum atomic E-state index is 14.8. The quantitative estimate of drug-likeness (QED) is 0.292. The normalized spacial score (nSPS) is 15.6. The van der Waals surface area contributed by atoms with E-state index in [0.717, 1.165) is 22.3 Å². The van der Waals surface area contributed by atoms with Crippen LogP contribution in [0.1, 0.15) is 116 Å². The van der Waals surface area contributed by atoms with E-state index in [9.17, 15) is 4.57 Å². The molecule has 0 bridgehead atoms. The fourth-order valence-corrected chi connectivity index (χ4v) is 6.30. The predicted molar refractivity (Wildman–Crippen MR) is 166 cm³/mol. The molecular weight excluding hydrogens is 515 g/mol. The van der Waals surface area contributed by atoms with E-state index in [1.807, 2.05) is 18.2 Å². The van der Waals surface area contributed by atoms with Crippen LogP contribution in [0, 0.1) is 0 Å². The van der Waals surface area contributed by atoms with E-state index in [1.54, 1.807) is 12.1 Å². The van der Waals surface area contributed by atoms with Gasteiger partial charge in [-0.25, -0.2) is 0 Å². The van der Waals surface area contributed by atoms with Gasteiger partial charge in [0.25, 0.3) is 0 Å². The maximum Gasteiger partial charge on any atom is 0.647 e. The molecule has 40 heavy (non-hydrogen) atoms. The third-order valence-corrected chi connectivity index (χ3v) is 8.67. The highest BCUT2D eigenvalue weighted by Crippen LogP contribution is 2.57. The molecule has 0 aliphatic carbocycles. The first kappa shape index (κ1) is 30.3. The Balaban J connectivity index is 2.09. The molecule has 0 radical (unpaired) electrons. The van der Waals surface area contributed by atoms with Gasteiger partial charge in [0.1, 0.15) is 17.2 Å². The number of fused-ring (bicyclic) bond motifs is 2. The number of rotatable bonds is 2. The molecule has 0 saturated heterocycles. The average molecular weight is 563 g/mol. The number of benzene rings is 3. The molecule has 3 aromatic carbocycles. The molecule has 1 aliphatic rings. The monoisotopic (exact) mass is 562 g/mol. The second kappa shape index (κ2) is 9.98. The standard InChI is InChI=1S/C35H47O4P/c1-32(2,3)25-19-23-18-24-20-26(33(4,5)6)22-29(35(10,11)12)31(24)39-40(36,37-27-16-14-13-15-17-27)38-30(23)28(21-25)34(7,8)9/h13-17,19-22H,18H2,1-12H3. The molecule has 0 saturated carbocycles. The van der Waals surface area contributed by atoms with E-state index in [0.29, 0.717) is 23.7 Å². The molecule has 216 valence electrons. The van der Waals surface area contributed by atoms with E-state index >= 15 is 0 Å².